The maximum atomic E-state index is 10.9. The van der Waals surface area contributed by atoms with E-state index in [0.29, 0.717) is 13.2 Å². The molecule has 150 valence electrons. The van der Waals surface area contributed by atoms with E-state index in [9.17, 15) is 8.42 Å². The Balaban J connectivity index is 0.000000271. The second-order valence-corrected chi connectivity index (χ2v) is 7.15. The van der Waals surface area contributed by atoms with Crippen LogP contribution in [0.1, 0.15) is 19.4 Å². The molecule has 0 radical (unpaired) electrons. The van der Waals surface area contributed by atoms with Crippen LogP contribution >= 0.6 is 0 Å². The van der Waals surface area contributed by atoms with Crippen molar-refractivity contribution in [2.24, 2.45) is 0 Å². The molecule has 0 amide bonds. The van der Waals surface area contributed by atoms with Crippen molar-refractivity contribution in [2.75, 3.05) is 36.9 Å². The van der Waals surface area contributed by atoms with Gasteiger partial charge < -0.3 is 20.5 Å². The summed E-state index contributed by atoms with van der Waals surface area (Å²) in [5.41, 5.74) is 8.09. The van der Waals surface area contributed by atoms with Gasteiger partial charge in [-0.05, 0) is 56.7 Å². The number of ether oxygens (including phenoxy) is 1. The van der Waals surface area contributed by atoms with Crippen molar-refractivity contribution in [2.45, 2.75) is 25.7 Å². The smallest absolute Gasteiger partial charge is 0.298 e. The van der Waals surface area contributed by atoms with Crippen molar-refractivity contribution in [3.05, 3.63) is 48.0 Å². The molecule has 4 N–H and O–H groups in total. The van der Waals surface area contributed by atoms with Gasteiger partial charge in [-0.2, -0.15) is 8.42 Å². The molecule has 2 aromatic rings. The molecule has 0 aromatic heterocycles. The number of nitrogens with two attached hydrogens (primary N) is 1. The second-order valence-electron chi connectivity index (χ2n) is 5.76. The lowest BCUT2D eigenvalue weighted by molar-refractivity contribution is 0.302. The summed E-state index contributed by atoms with van der Waals surface area (Å²) in [5, 5.41) is 8.86. The van der Waals surface area contributed by atoms with E-state index in [4.69, 9.17) is 20.1 Å². The van der Waals surface area contributed by atoms with Crippen molar-refractivity contribution in [3.8, 4) is 5.75 Å². The minimum absolute atomic E-state index is 0.101. The van der Waals surface area contributed by atoms with Gasteiger partial charge in [-0.1, -0.05) is 12.1 Å². The fourth-order valence-corrected chi connectivity index (χ4v) is 3.08. The molecule has 0 saturated heterocycles. The Morgan fingerprint density at radius 1 is 1.15 bits per heavy atom. The average molecular weight is 397 g/mol. The molecule has 8 heteroatoms. The van der Waals surface area contributed by atoms with E-state index in [0.717, 1.165) is 12.6 Å². The highest BCUT2D eigenvalue weighted by atomic mass is 32.2. The number of benzene rings is 2. The fourth-order valence-electron chi connectivity index (χ4n) is 2.42. The molecule has 0 spiro atoms. The van der Waals surface area contributed by atoms with E-state index >= 15 is 0 Å². The SMILES string of the molecule is CCN(CCO)c1cccc(C)c1.CCOc1ccc(N)cc1S(=O)(=O)O. The summed E-state index contributed by atoms with van der Waals surface area (Å²) in [6, 6.07) is 12.4. The van der Waals surface area contributed by atoms with Gasteiger partial charge in [0.15, 0.2) is 0 Å². The lowest BCUT2D eigenvalue weighted by Gasteiger charge is -2.22. The van der Waals surface area contributed by atoms with Gasteiger partial charge in [-0.25, -0.2) is 0 Å². The lowest BCUT2D eigenvalue weighted by atomic mass is 10.2. The quantitative estimate of drug-likeness (QED) is 0.487. The number of aryl methyl sites for hydroxylation is 1. The Labute approximate surface area is 161 Å². The normalized spacial score (nSPS) is 10.7. The lowest BCUT2D eigenvalue weighted by Crippen LogP contribution is -2.26. The molecule has 0 aliphatic rings. The predicted octanol–water partition coefficient (Wildman–Crippen LogP) is 2.73. The number of anilines is 2. The number of rotatable bonds is 7. The van der Waals surface area contributed by atoms with E-state index in [1.807, 2.05) is 6.07 Å². The van der Waals surface area contributed by atoms with Crippen LogP contribution in [0.25, 0.3) is 0 Å². The molecule has 0 aliphatic carbocycles. The van der Waals surface area contributed by atoms with Crippen LogP contribution < -0.4 is 15.4 Å². The Morgan fingerprint density at radius 3 is 2.37 bits per heavy atom. The first kappa shape index (κ1) is 22.8. The molecule has 2 aromatic carbocycles. The number of hydrogen-bond acceptors (Lipinski definition) is 6. The van der Waals surface area contributed by atoms with Crippen molar-refractivity contribution >= 4 is 21.5 Å². The molecule has 2 rings (SSSR count). The number of aliphatic hydroxyl groups excluding tert-OH is 1. The van der Waals surface area contributed by atoms with Crippen molar-refractivity contribution in [1.29, 1.82) is 0 Å². The van der Waals surface area contributed by atoms with Gasteiger partial charge in [0, 0.05) is 24.5 Å². The van der Waals surface area contributed by atoms with E-state index in [1.54, 1.807) is 6.92 Å². The van der Waals surface area contributed by atoms with Crippen molar-refractivity contribution < 1.29 is 22.8 Å². The number of likely N-dealkylation sites (N-methyl/N-ethyl adjacent to an activating group) is 1. The van der Waals surface area contributed by atoms with Crippen LogP contribution in [0.4, 0.5) is 11.4 Å². The number of aliphatic hydroxyl groups is 1. The van der Waals surface area contributed by atoms with Gasteiger partial charge in [0.2, 0.25) is 0 Å². The Bertz CT molecular complexity index is 825. The third-order valence-corrected chi connectivity index (χ3v) is 4.54. The summed E-state index contributed by atoms with van der Waals surface area (Å²) in [6.45, 7) is 8.05. The van der Waals surface area contributed by atoms with Crippen LogP contribution in [-0.2, 0) is 10.1 Å². The molecule has 0 heterocycles. The molecule has 0 saturated carbocycles. The Kier molecular flexibility index (Phi) is 9.07. The van der Waals surface area contributed by atoms with Crippen molar-refractivity contribution in [1.82, 2.24) is 0 Å². The summed E-state index contributed by atoms with van der Waals surface area (Å²) in [6.07, 6.45) is 0. The summed E-state index contributed by atoms with van der Waals surface area (Å²) in [4.78, 5) is 1.85. The third-order valence-electron chi connectivity index (χ3n) is 3.66. The second kappa shape index (κ2) is 10.8. The first-order valence-electron chi connectivity index (χ1n) is 8.65. The van der Waals surface area contributed by atoms with E-state index in [1.165, 1.54) is 23.4 Å². The van der Waals surface area contributed by atoms with Crippen LogP contribution in [0, 0.1) is 6.92 Å². The van der Waals surface area contributed by atoms with Crippen LogP contribution in [0.5, 0.6) is 5.75 Å². The Hall–Kier alpha value is -2.29. The van der Waals surface area contributed by atoms with Gasteiger partial charge in [0.1, 0.15) is 10.6 Å². The highest BCUT2D eigenvalue weighted by Crippen LogP contribution is 2.25. The van der Waals surface area contributed by atoms with Gasteiger partial charge >= 0.3 is 0 Å². The Morgan fingerprint density at radius 2 is 1.85 bits per heavy atom. The van der Waals surface area contributed by atoms with Gasteiger partial charge in [-0.15, -0.1) is 0 Å². The van der Waals surface area contributed by atoms with Gasteiger partial charge in [0.05, 0.1) is 13.2 Å². The van der Waals surface area contributed by atoms with E-state index < -0.39 is 10.1 Å². The molecule has 0 bridgehead atoms. The first-order chi connectivity index (χ1) is 12.7. The highest BCUT2D eigenvalue weighted by molar-refractivity contribution is 7.86. The van der Waals surface area contributed by atoms with Crippen LogP contribution in [-0.4, -0.2) is 44.4 Å². The summed E-state index contributed by atoms with van der Waals surface area (Å²) >= 11 is 0. The topological polar surface area (TPSA) is 113 Å². The zero-order valence-corrected chi connectivity index (χ0v) is 16.7. The molecule has 7 nitrogen and oxygen atoms in total. The standard InChI is InChI=1S/C11H17NO.C8H11NO4S/c1-3-12(7-8-13)11-6-4-5-10(2)9-11;1-2-13-7-4-3-6(9)5-8(7)14(10,11)12/h4-6,9,13H,3,7-8H2,1-2H3;3-5H,2,9H2,1H3,(H,10,11,12). The van der Waals surface area contributed by atoms with Gasteiger partial charge in [0.25, 0.3) is 10.1 Å². The summed E-state index contributed by atoms with van der Waals surface area (Å²) in [7, 11) is -4.28. The van der Waals surface area contributed by atoms with Crippen LogP contribution in [0.2, 0.25) is 0 Å². The maximum absolute atomic E-state index is 10.9. The predicted molar refractivity (Wildman–Crippen MR) is 108 cm³/mol. The average Bonchev–Trinajstić information content (AvgIpc) is 2.61. The molecule has 0 fully saturated rings. The monoisotopic (exact) mass is 396 g/mol. The molecule has 0 aliphatic heterocycles. The molecule has 0 unspecified atom stereocenters. The number of nitrogens with zero attached hydrogens (tertiary/aromatic N) is 1. The zero-order valence-electron chi connectivity index (χ0n) is 15.9. The fraction of sp³-hybridized carbons (Fsp3) is 0.368. The zero-order chi connectivity index (χ0) is 20.4. The number of nitrogen functional groups attached to an aromatic ring is 1. The van der Waals surface area contributed by atoms with E-state index in [-0.39, 0.29) is 22.9 Å². The largest absolute Gasteiger partial charge is 0.492 e. The molecular weight excluding hydrogens is 368 g/mol. The molecular formula is C19H28N2O5S. The molecule has 0 atom stereocenters. The molecule has 27 heavy (non-hydrogen) atoms. The summed E-state index contributed by atoms with van der Waals surface area (Å²) in [5.74, 6) is 0.101. The first-order valence-corrected chi connectivity index (χ1v) is 10.1. The van der Waals surface area contributed by atoms with Crippen LogP contribution in [0.15, 0.2) is 47.4 Å². The number of hydrogen-bond donors (Lipinski definition) is 3. The maximum Gasteiger partial charge on any atom is 0.298 e. The third kappa shape index (κ3) is 7.46. The van der Waals surface area contributed by atoms with E-state index in [2.05, 4.69) is 36.9 Å². The van der Waals surface area contributed by atoms with Gasteiger partial charge in [-0.3, -0.25) is 4.55 Å². The van der Waals surface area contributed by atoms with Crippen molar-refractivity contribution in [3.63, 3.8) is 0 Å². The minimum atomic E-state index is -4.28. The highest BCUT2D eigenvalue weighted by Gasteiger charge is 2.16. The minimum Gasteiger partial charge on any atom is -0.492 e. The van der Waals surface area contributed by atoms with Crippen LogP contribution in [0.3, 0.4) is 0 Å². The summed E-state index contributed by atoms with van der Waals surface area (Å²) < 4.78 is 35.7.